The molecule has 1 radical (unpaired) electrons. The molecule has 9 heavy (non-hydrogen) atoms. The maximum Gasteiger partial charge on any atom is 0.152 e. The maximum atomic E-state index is 4.92. The van der Waals surface area contributed by atoms with Crippen molar-refractivity contribution in [3.8, 4) is 0 Å². The lowest BCUT2D eigenvalue weighted by atomic mass is 10.4. The van der Waals surface area contributed by atoms with Crippen LogP contribution in [0.25, 0.3) is 0 Å². The highest BCUT2D eigenvalue weighted by Gasteiger charge is 1.98. The highest BCUT2D eigenvalue weighted by Crippen LogP contribution is 2.11. The lowest BCUT2D eigenvalue weighted by molar-refractivity contribution is 0.187. The van der Waals surface area contributed by atoms with E-state index < -0.39 is 0 Å². The van der Waals surface area contributed by atoms with E-state index in [-0.39, 0.29) is 0 Å². The van der Waals surface area contributed by atoms with Crippen LogP contribution >= 0.6 is 11.3 Å². The van der Waals surface area contributed by atoms with Crippen molar-refractivity contribution >= 4 is 11.3 Å². The summed E-state index contributed by atoms with van der Waals surface area (Å²) in [6.07, 6.45) is 0. The van der Waals surface area contributed by atoms with Crippen LogP contribution in [0.2, 0.25) is 0 Å². The third kappa shape index (κ3) is 1.50. The molecule has 49 valence electrons. The van der Waals surface area contributed by atoms with Crippen LogP contribution in [0.3, 0.4) is 0 Å². The number of nitrogens with zero attached hydrogens (tertiary/aromatic N) is 1. The summed E-state index contributed by atoms with van der Waals surface area (Å²) in [6.45, 7) is 2.62. The number of hydrogen-bond acceptors (Lipinski definition) is 3. The molecule has 0 aromatic carbocycles. The first-order chi connectivity index (χ1) is 4.34. The fourth-order valence-electron chi connectivity index (χ4n) is 0.548. The molecule has 1 rings (SSSR count). The van der Waals surface area contributed by atoms with Gasteiger partial charge in [-0.15, -0.1) is 11.3 Å². The van der Waals surface area contributed by atoms with Gasteiger partial charge >= 0.3 is 0 Å². The largest absolute Gasteiger partial charge is 0.379 e. The van der Waals surface area contributed by atoms with E-state index >= 15 is 0 Å². The molecule has 0 saturated heterocycles. The molecule has 0 saturated carbocycles. The number of aromatic nitrogens is 1. The van der Waals surface area contributed by atoms with Gasteiger partial charge in [0, 0.05) is 7.11 Å². The quantitative estimate of drug-likeness (QED) is 0.622. The van der Waals surface area contributed by atoms with Gasteiger partial charge in [-0.3, -0.25) is 0 Å². The fourth-order valence-corrected chi connectivity index (χ4v) is 1.21. The highest BCUT2D eigenvalue weighted by molar-refractivity contribution is 7.09. The zero-order chi connectivity index (χ0) is 6.69. The second kappa shape index (κ2) is 2.94. The Labute approximate surface area is 58.5 Å². The summed E-state index contributed by atoms with van der Waals surface area (Å²) < 4.78 is 4.92. The summed E-state index contributed by atoms with van der Waals surface area (Å²) in [4.78, 5) is 5.11. The Balaban J connectivity index is 2.69. The Kier molecular flexibility index (Phi) is 2.19. The second-order valence-electron chi connectivity index (χ2n) is 1.75. The van der Waals surface area contributed by atoms with Gasteiger partial charge in [0.05, 0.1) is 17.2 Å². The van der Waals surface area contributed by atoms with E-state index in [0.29, 0.717) is 6.61 Å². The third-order valence-corrected chi connectivity index (χ3v) is 1.90. The molecule has 0 amide bonds. The molecule has 0 fully saturated rings. The standard InChI is InChI=1S/C6H8NOS/c1-5-6(3-8-2)9-4-7-5/h3H2,1-2H3. The smallest absolute Gasteiger partial charge is 0.152 e. The first-order valence-electron chi connectivity index (χ1n) is 2.66. The average Bonchev–Trinajstić information content (AvgIpc) is 2.18. The van der Waals surface area contributed by atoms with Crippen molar-refractivity contribution in [1.82, 2.24) is 4.98 Å². The van der Waals surface area contributed by atoms with Crippen LogP contribution in [0.4, 0.5) is 0 Å². The monoisotopic (exact) mass is 142 g/mol. The van der Waals surface area contributed by atoms with Gasteiger partial charge in [-0.25, -0.2) is 4.98 Å². The van der Waals surface area contributed by atoms with Crippen molar-refractivity contribution in [3.05, 3.63) is 16.1 Å². The van der Waals surface area contributed by atoms with E-state index in [4.69, 9.17) is 4.74 Å². The van der Waals surface area contributed by atoms with Crippen LogP contribution < -0.4 is 0 Å². The van der Waals surface area contributed by atoms with E-state index in [1.807, 2.05) is 6.92 Å². The molecule has 0 spiro atoms. The molecule has 1 aromatic rings. The zero-order valence-electron chi connectivity index (χ0n) is 5.47. The number of rotatable bonds is 2. The zero-order valence-corrected chi connectivity index (χ0v) is 6.29. The molecule has 0 N–H and O–H groups in total. The Morgan fingerprint density at radius 1 is 1.78 bits per heavy atom. The topological polar surface area (TPSA) is 22.1 Å². The predicted molar refractivity (Wildman–Crippen MR) is 36.4 cm³/mol. The highest BCUT2D eigenvalue weighted by atomic mass is 32.1. The average molecular weight is 142 g/mol. The van der Waals surface area contributed by atoms with Crippen LogP contribution in [-0.2, 0) is 11.3 Å². The summed E-state index contributed by atoms with van der Waals surface area (Å²) in [7, 11) is 1.68. The van der Waals surface area contributed by atoms with E-state index in [2.05, 4.69) is 10.5 Å². The van der Waals surface area contributed by atoms with Gasteiger partial charge in [-0.1, -0.05) is 0 Å². The number of ether oxygens (including phenoxy) is 1. The first kappa shape index (κ1) is 6.71. The van der Waals surface area contributed by atoms with Gasteiger partial charge in [0.15, 0.2) is 5.51 Å². The van der Waals surface area contributed by atoms with E-state index in [1.54, 1.807) is 7.11 Å². The minimum atomic E-state index is 0.660. The Bertz CT molecular complexity index is 185. The fraction of sp³-hybridized carbons (Fsp3) is 0.500. The summed E-state index contributed by atoms with van der Waals surface area (Å²) >= 11 is 1.51. The van der Waals surface area contributed by atoms with E-state index in [9.17, 15) is 0 Å². The molecular formula is C6H8NOS. The molecule has 0 bridgehead atoms. The summed E-state index contributed by atoms with van der Waals surface area (Å²) in [5.74, 6) is 0. The summed E-state index contributed by atoms with van der Waals surface area (Å²) in [5, 5.41) is 0. The lowest BCUT2D eigenvalue weighted by Crippen LogP contribution is -1.85. The second-order valence-corrected chi connectivity index (χ2v) is 2.63. The molecule has 0 aliphatic carbocycles. The molecule has 2 nitrogen and oxygen atoms in total. The molecule has 0 atom stereocenters. The maximum absolute atomic E-state index is 4.92. The van der Waals surface area contributed by atoms with Crippen molar-refractivity contribution in [1.29, 1.82) is 0 Å². The van der Waals surface area contributed by atoms with Crippen molar-refractivity contribution in [2.45, 2.75) is 13.5 Å². The van der Waals surface area contributed by atoms with Gasteiger partial charge in [-0.05, 0) is 6.92 Å². The lowest BCUT2D eigenvalue weighted by Gasteiger charge is -1.92. The van der Waals surface area contributed by atoms with Crippen molar-refractivity contribution < 1.29 is 4.74 Å². The van der Waals surface area contributed by atoms with Gasteiger partial charge in [0.2, 0.25) is 0 Å². The summed E-state index contributed by atoms with van der Waals surface area (Å²) in [6, 6.07) is 0. The van der Waals surface area contributed by atoms with Crippen LogP contribution in [0.1, 0.15) is 10.6 Å². The molecule has 1 aromatic heterocycles. The minimum Gasteiger partial charge on any atom is -0.379 e. The molecule has 0 aliphatic rings. The minimum absolute atomic E-state index is 0.660. The molecule has 1 heterocycles. The van der Waals surface area contributed by atoms with Crippen LogP contribution in [0, 0.1) is 12.4 Å². The molecular weight excluding hydrogens is 134 g/mol. The van der Waals surface area contributed by atoms with Gasteiger partial charge in [-0.2, -0.15) is 0 Å². The molecule has 0 unspecified atom stereocenters. The van der Waals surface area contributed by atoms with Crippen LogP contribution in [-0.4, -0.2) is 12.1 Å². The number of hydrogen-bond donors (Lipinski definition) is 0. The number of aryl methyl sites for hydroxylation is 1. The first-order valence-corrected chi connectivity index (χ1v) is 3.47. The SMILES string of the molecule is COCc1s[c]nc1C. The van der Waals surface area contributed by atoms with Crippen LogP contribution in [0.5, 0.6) is 0 Å². The van der Waals surface area contributed by atoms with Crippen molar-refractivity contribution in [2.75, 3.05) is 7.11 Å². The van der Waals surface area contributed by atoms with Crippen molar-refractivity contribution in [2.24, 2.45) is 0 Å². The summed E-state index contributed by atoms with van der Waals surface area (Å²) in [5.41, 5.74) is 3.82. The third-order valence-electron chi connectivity index (χ3n) is 1.06. The Morgan fingerprint density at radius 2 is 2.56 bits per heavy atom. The molecule has 3 heteroatoms. The Hall–Kier alpha value is -0.410. The Morgan fingerprint density at radius 3 is 3.00 bits per heavy atom. The van der Waals surface area contributed by atoms with Gasteiger partial charge in [0.1, 0.15) is 0 Å². The normalized spacial score (nSPS) is 10.0. The van der Waals surface area contributed by atoms with E-state index in [1.165, 1.54) is 11.3 Å². The number of thiazole rings is 1. The van der Waals surface area contributed by atoms with E-state index in [0.717, 1.165) is 10.6 Å². The molecule has 0 aliphatic heterocycles. The van der Waals surface area contributed by atoms with Crippen molar-refractivity contribution in [3.63, 3.8) is 0 Å². The predicted octanol–water partition coefficient (Wildman–Crippen LogP) is 1.40. The van der Waals surface area contributed by atoms with Crippen LogP contribution in [0.15, 0.2) is 0 Å². The van der Waals surface area contributed by atoms with Gasteiger partial charge in [0.25, 0.3) is 0 Å². The van der Waals surface area contributed by atoms with Gasteiger partial charge < -0.3 is 4.74 Å². The number of methoxy groups -OCH3 is 1.